The van der Waals surface area contributed by atoms with Gasteiger partial charge >= 0.3 is 6.03 Å². The number of rotatable bonds is 4. The molecule has 0 radical (unpaired) electrons. The number of aromatic nitrogens is 1. The lowest BCUT2D eigenvalue weighted by molar-refractivity contribution is -0.114. The number of thiazole rings is 1. The van der Waals surface area contributed by atoms with Crippen molar-refractivity contribution in [3.05, 3.63) is 18.2 Å². The molecule has 0 aliphatic carbocycles. The topological polar surface area (TPSA) is 83.1 Å². The SMILES string of the molecule is CCC(C)NC(=O)Nc1ccc2sc(NC(C)=O)nc2c1. The van der Waals surface area contributed by atoms with Crippen molar-refractivity contribution in [1.29, 1.82) is 0 Å². The summed E-state index contributed by atoms with van der Waals surface area (Å²) in [7, 11) is 0. The third-order valence-corrected chi connectivity index (χ3v) is 3.87. The molecule has 1 atom stereocenters. The summed E-state index contributed by atoms with van der Waals surface area (Å²) in [6.45, 7) is 5.40. The fourth-order valence-corrected chi connectivity index (χ4v) is 2.59. The van der Waals surface area contributed by atoms with E-state index < -0.39 is 0 Å². The maximum atomic E-state index is 11.8. The van der Waals surface area contributed by atoms with Gasteiger partial charge in [-0.15, -0.1) is 0 Å². The van der Waals surface area contributed by atoms with Crippen LogP contribution in [0.4, 0.5) is 15.6 Å². The minimum atomic E-state index is -0.235. The molecule has 0 aliphatic heterocycles. The number of carbonyl (C=O) groups excluding carboxylic acids is 2. The molecular formula is C14H18N4O2S. The van der Waals surface area contributed by atoms with E-state index in [2.05, 4.69) is 20.9 Å². The van der Waals surface area contributed by atoms with Crippen molar-refractivity contribution < 1.29 is 9.59 Å². The lowest BCUT2D eigenvalue weighted by Crippen LogP contribution is -2.35. The van der Waals surface area contributed by atoms with Gasteiger partial charge in [0.1, 0.15) is 0 Å². The molecular weight excluding hydrogens is 288 g/mol. The number of benzene rings is 1. The molecule has 0 saturated heterocycles. The fraction of sp³-hybridized carbons (Fsp3) is 0.357. The van der Waals surface area contributed by atoms with Crippen molar-refractivity contribution in [2.75, 3.05) is 10.6 Å². The average molecular weight is 306 g/mol. The van der Waals surface area contributed by atoms with Gasteiger partial charge in [-0.1, -0.05) is 18.3 Å². The number of amides is 3. The van der Waals surface area contributed by atoms with Crippen molar-refractivity contribution in [2.45, 2.75) is 33.2 Å². The summed E-state index contributed by atoms with van der Waals surface area (Å²) in [6, 6.07) is 5.36. The molecule has 112 valence electrons. The monoisotopic (exact) mass is 306 g/mol. The zero-order valence-corrected chi connectivity index (χ0v) is 13.0. The van der Waals surface area contributed by atoms with E-state index in [-0.39, 0.29) is 18.0 Å². The Hall–Kier alpha value is -2.15. The van der Waals surface area contributed by atoms with Crippen LogP contribution in [0.25, 0.3) is 10.2 Å². The number of urea groups is 1. The van der Waals surface area contributed by atoms with Crippen molar-refractivity contribution >= 4 is 44.3 Å². The maximum absolute atomic E-state index is 11.8. The van der Waals surface area contributed by atoms with Crippen molar-refractivity contribution in [3.8, 4) is 0 Å². The second-order valence-corrected chi connectivity index (χ2v) is 5.82. The number of nitrogens with zero attached hydrogens (tertiary/aromatic N) is 1. The van der Waals surface area contributed by atoms with E-state index >= 15 is 0 Å². The van der Waals surface area contributed by atoms with Crippen LogP contribution >= 0.6 is 11.3 Å². The summed E-state index contributed by atoms with van der Waals surface area (Å²) >= 11 is 1.40. The predicted octanol–water partition coefficient (Wildman–Crippen LogP) is 3.17. The highest BCUT2D eigenvalue weighted by Gasteiger charge is 2.08. The van der Waals surface area contributed by atoms with Crippen molar-refractivity contribution in [3.63, 3.8) is 0 Å². The number of nitrogens with one attached hydrogen (secondary N) is 3. The number of hydrogen-bond donors (Lipinski definition) is 3. The molecule has 0 bridgehead atoms. The highest BCUT2D eigenvalue weighted by atomic mass is 32.1. The third-order valence-electron chi connectivity index (χ3n) is 2.92. The second kappa shape index (κ2) is 6.53. The quantitative estimate of drug-likeness (QED) is 0.811. The number of fused-ring (bicyclic) bond motifs is 1. The molecule has 2 rings (SSSR count). The minimum Gasteiger partial charge on any atom is -0.335 e. The Morgan fingerprint density at radius 1 is 1.33 bits per heavy atom. The Morgan fingerprint density at radius 3 is 2.76 bits per heavy atom. The molecule has 1 aromatic heterocycles. The smallest absolute Gasteiger partial charge is 0.319 e. The normalized spacial score (nSPS) is 12.0. The van der Waals surface area contributed by atoms with E-state index in [0.717, 1.165) is 16.6 Å². The van der Waals surface area contributed by atoms with Gasteiger partial charge in [0.05, 0.1) is 10.2 Å². The van der Waals surface area contributed by atoms with Crippen LogP contribution in [0.3, 0.4) is 0 Å². The van der Waals surface area contributed by atoms with Gasteiger partial charge in [-0.05, 0) is 31.5 Å². The standard InChI is InChI=1S/C14H18N4O2S/c1-4-8(2)15-13(20)17-10-5-6-12-11(7-10)18-14(21-12)16-9(3)19/h5-8H,4H2,1-3H3,(H2,15,17,20)(H,16,18,19). The first-order valence-electron chi connectivity index (χ1n) is 6.73. The van der Waals surface area contributed by atoms with Gasteiger partial charge in [-0.3, -0.25) is 4.79 Å². The fourth-order valence-electron chi connectivity index (χ4n) is 1.70. The molecule has 0 spiro atoms. The van der Waals surface area contributed by atoms with Crippen LogP contribution < -0.4 is 16.0 Å². The molecule has 21 heavy (non-hydrogen) atoms. The minimum absolute atomic E-state index is 0.124. The molecule has 1 aromatic carbocycles. The van der Waals surface area contributed by atoms with E-state index in [1.54, 1.807) is 6.07 Å². The molecule has 6 nitrogen and oxygen atoms in total. The lowest BCUT2D eigenvalue weighted by Gasteiger charge is -2.12. The molecule has 0 saturated carbocycles. The molecule has 0 fully saturated rings. The molecule has 3 N–H and O–H groups in total. The third kappa shape index (κ3) is 4.16. The Kier molecular flexibility index (Phi) is 4.74. The van der Waals surface area contributed by atoms with E-state index in [0.29, 0.717) is 10.8 Å². The van der Waals surface area contributed by atoms with Gasteiger partial charge in [0.2, 0.25) is 5.91 Å². The average Bonchev–Trinajstić information content (AvgIpc) is 2.78. The largest absolute Gasteiger partial charge is 0.335 e. The molecule has 2 aromatic rings. The van der Waals surface area contributed by atoms with Gasteiger partial charge in [-0.2, -0.15) is 0 Å². The Labute approximate surface area is 127 Å². The van der Waals surface area contributed by atoms with Crippen LogP contribution in [0, 0.1) is 0 Å². The van der Waals surface area contributed by atoms with Crippen LogP contribution in [0.2, 0.25) is 0 Å². The van der Waals surface area contributed by atoms with Crippen LogP contribution in [-0.4, -0.2) is 23.0 Å². The number of anilines is 2. The van der Waals surface area contributed by atoms with Crippen LogP contribution in [-0.2, 0) is 4.79 Å². The van der Waals surface area contributed by atoms with Crippen LogP contribution in [0.15, 0.2) is 18.2 Å². The van der Waals surface area contributed by atoms with E-state index in [1.165, 1.54) is 18.3 Å². The first-order valence-corrected chi connectivity index (χ1v) is 7.55. The number of hydrogen-bond acceptors (Lipinski definition) is 4. The summed E-state index contributed by atoms with van der Waals surface area (Å²) in [5.74, 6) is -0.152. The molecule has 7 heteroatoms. The van der Waals surface area contributed by atoms with Gasteiger partial charge in [0, 0.05) is 18.7 Å². The van der Waals surface area contributed by atoms with Crippen molar-refractivity contribution in [2.24, 2.45) is 0 Å². The highest BCUT2D eigenvalue weighted by Crippen LogP contribution is 2.28. The van der Waals surface area contributed by atoms with Gasteiger partial charge in [0.15, 0.2) is 5.13 Å². The van der Waals surface area contributed by atoms with Gasteiger partial charge < -0.3 is 16.0 Å². The van der Waals surface area contributed by atoms with E-state index in [9.17, 15) is 9.59 Å². The first-order chi connectivity index (χ1) is 9.97. The molecule has 3 amide bonds. The first kappa shape index (κ1) is 15.2. The Morgan fingerprint density at radius 2 is 2.10 bits per heavy atom. The lowest BCUT2D eigenvalue weighted by atomic mass is 10.2. The summed E-state index contributed by atoms with van der Waals surface area (Å²) < 4.78 is 0.951. The predicted molar refractivity (Wildman–Crippen MR) is 85.8 cm³/mol. The molecule has 1 unspecified atom stereocenters. The summed E-state index contributed by atoms with van der Waals surface area (Å²) in [5.41, 5.74) is 1.41. The van der Waals surface area contributed by atoms with E-state index in [4.69, 9.17) is 0 Å². The Bertz CT molecular complexity index is 668. The van der Waals surface area contributed by atoms with Gasteiger partial charge in [0.25, 0.3) is 0 Å². The zero-order valence-electron chi connectivity index (χ0n) is 12.2. The van der Waals surface area contributed by atoms with Gasteiger partial charge in [-0.25, -0.2) is 9.78 Å². The molecule has 0 aliphatic rings. The number of carbonyl (C=O) groups is 2. The zero-order chi connectivity index (χ0) is 15.4. The second-order valence-electron chi connectivity index (χ2n) is 4.79. The summed E-state index contributed by atoms with van der Waals surface area (Å²) in [5, 5.41) is 8.82. The maximum Gasteiger partial charge on any atom is 0.319 e. The highest BCUT2D eigenvalue weighted by molar-refractivity contribution is 7.22. The van der Waals surface area contributed by atoms with E-state index in [1.807, 2.05) is 26.0 Å². The summed E-state index contributed by atoms with van der Waals surface area (Å²) in [6.07, 6.45) is 0.874. The van der Waals surface area contributed by atoms with Crippen LogP contribution in [0.5, 0.6) is 0 Å². The Balaban J connectivity index is 2.11. The molecule has 1 heterocycles. The van der Waals surface area contributed by atoms with Crippen molar-refractivity contribution in [1.82, 2.24) is 10.3 Å². The summed E-state index contributed by atoms with van der Waals surface area (Å²) in [4.78, 5) is 27.1. The van der Waals surface area contributed by atoms with Crippen LogP contribution in [0.1, 0.15) is 27.2 Å².